The normalized spacial score (nSPS) is 15.9. The first-order chi connectivity index (χ1) is 17.4. The fraction of sp³-hybridized carbons (Fsp3) is 0.200. The van der Waals surface area contributed by atoms with Gasteiger partial charge in [0.1, 0.15) is 11.6 Å². The molecule has 3 aromatic carbocycles. The Balaban J connectivity index is 1.65. The van der Waals surface area contributed by atoms with Crippen LogP contribution in [0.2, 0.25) is 0 Å². The number of carbonyl (C=O) groups excluding carboxylic acids is 1. The number of ether oxygens (including phenoxy) is 1. The molecule has 5 rings (SSSR count). The Hall–Kier alpha value is -4.06. The molecular weight excluding hydrogens is 511 g/mol. The van der Waals surface area contributed by atoms with E-state index in [1.54, 1.807) is 6.92 Å². The molecule has 1 saturated heterocycles. The first-order valence-electron chi connectivity index (χ1n) is 11.1. The Morgan fingerprint density at radius 2 is 1.65 bits per heavy atom. The van der Waals surface area contributed by atoms with E-state index in [1.165, 1.54) is 75.9 Å². The fourth-order valence-corrected chi connectivity index (χ4v) is 6.58. The van der Waals surface area contributed by atoms with Crippen LogP contribution in [0.4, 0.5) is 13.2 Å². The molecule has 2 heterocycles. The number of carbonyl (C=O) groups is 1. The Bertz CT molecular complexity index is 1680. The summed E-state index contributed by atoms with van der Waals surface area (Å²) in [6.07, 6.45) is 0. The van der Waals surface area contributed by atoms with Crippen LogP contribution in [0.5, 0.6) is 5.75 Å². The Morgan fingerprint density at radius 3 is 2.30 bits per heavy atom. The molecule has 0 saturated carbocycles. The number of aromatic nitrogens is 2. The zero-order chi connectivity index (χ0) is 26.5. The lowest BCUT2D eigenvalue weighted by Crippen LogP contribution is -2.63. The zero-order valence-corrected chi connectivity index (χ0v) is 20.1. The molecule has 0 unspecified atom stereocenters. The highest BCUT2D eigenvalue weighted by atomic mass is 32.2. The molecule has 1 N–H and O–H groups in total. The summed E-state index contributed by atoms with van der Waals surface area (Å²) in [6, 6.07) is 15.2. The van der Waals surface area contributed by atoms with E-state index in [4.69, 9.17) is 0 Å². The number of amides is 1. The van der Waals surface area contributed by atoms with Crippen molar-refractivity contribution in [1.29, 1.82) is 0 Å². The topological polar surface area (TPSA) is 99.4 Å². The zero-order valence-electron chi connectivity index (χ0n) is 19.3. The van der Waals surface area contributed by atoms with Crippen molar-refractivity contribution in [1.82, 2.24) is 14.5 Å². The summed E-state index contributed by atoms with van der Waals surface area (Å²) < 4.78 is 69.3. The van der Waals surface area contributed by atoms with E-state index in [0.717, 1.165) is 0 Å². The average Bonchev–Trinajstić information content (AvgIpc) is 3.08. The second-order valence-corrected chi connectivity index (χ2v) is 11.1. The number of nitrogens with zero attached hydrogens (tertiary/aromatic N) is 2. The maximum atomic E-state index is 13.6. The molecule has 12 heteroatoms. The van der Waals surface area contributed by atoms with E-state index in [-0.39, 0.29) is 34.0 Å². The fourth-order valence-electron chi connectivity index (χ4n) is 4.57. The maximum absolute atomic E-state index is 13.6. The van der Waals surface area contributed by atoms with Crippen molar-refractivity contribution >= 4 is 26.8 Å². The SMILES string of the molecule is CC1(NC(=O)c2ccc3c(c2)n(-c2ccc(F)cc2)c(=O)n3-c2cccc(OC(F)F)c2)CS(=O)(=O)C1. The number of nitrogens with one attached hydrogen (secondary N) is 1. The van der Waals surface area contributed by atoms with Gasteiger partial charge in [0.25, 0.3) is 5.91 Å². The number of fused-ring (bicyclic) bond motifs is 1. The van der Waals surface area contributed by atoms with Crippen LogP contribution in [-0.2, 0) is 9.84 Å². The van der Waals surface area contributed by atoms with Gasteiger partial charge in [0, 0.05) is 11.6 Å². The van der Waals surface area contributed by atoms with Gasteiger partial charge in [-0.05, 0) is 61.5 Å². The molecule has 0 radical (unpaired) electrons. The van der Waals surface area contributed by atoms with Crippen molar-refractivity contribution in [2.24, 2.45) is 0 Å². The molecule has 1 aromatic heterocycles. The van der Waals surface area contributed by atoms with Crippen LogP contribution < -0.4 is 15.7 Å². The van der Waals surface area contributed by atoms with Gasteiger partial charge in [-0.1, -0.05) is 6.07 Å². The third-order valence-electron chi connectivity index (χ3n) is 5.98. The first kappa shape index (κ1) is 24.6. The van der Waals surface area contributed by atoms with E-state index in [0.29, 0.717) is 11.2 Å². The predicted molar refractivity (Wildman–Crippen MR) is 130 cm³/mol. The highest BCUT2D eigenvalue weighted by Gasteiger charge is 2.45. The summed E-state index contributed by atoms with van der Waals surface area (Å²) >= 11 is 0. The number of sulfone groups is 1. The summed E-state index contributed by atoms with van der Waals surface area (Å²) in [5.41, 5.74) is -0.152. The molecule has 1 aliphatic rings. The van der Waals surface area contributed by atoms with E-state index in [9.17, 15) is 31.2 Å². The van der Waals surface area contributed by atoms with Crippen molar-refractivity contribution in [2.75, 3.05) is 11.5 Å². The molecule has 0 atom stereocenters. The summed E-state index contributed by atoms with van der Waals surface area (Å²) in [4.78, 5) is 26.6. The second-order valence-electron chi connectivity index (χ2n) is 9.06. The average molecular weight is 532 g/mol. The minimum absolute atomic E-state index is 0.151. The summed E-state index contributed by atoms with van der Waals surface area (Å²) in [5, 5.41) is 2.73. The molecule has 0 spiro atoms. The quantitative estimate of drug-likeness (QED) is 0.411. The van der Waals surface area contributed by atoms with Crippen LogP contribution in [0, 0.1) is 5.82 Å². The highest BCUT2D eigenvalue weighted by molar-refractivity contribution is 7.93. The molecule has 192 valence electrons. The number of hydrogen-bond donors (Lipinski definition) is 1. The monoisotopic (exact) mass is 531 g/mol. The van der Waals surface area contributed by atoms with E-state index >= 15 is 0 Å². The third kappa shape index (κ3) is 4.71. The summed E-state index contributed by atoms with van der Waals surface area (Å²) in [6.45, 7) is -1.43. The lowest BCUT2D eigenvalue weighted by atomic mass is 10.1. The largest absolute Gasteiger partial charge is 0.435 e. The van der Waals surface area contributed by atoms with Crippen LogP contribution in [0.15, 0.2) is 71.5 Å². The lowest BCUT2D eigenvalue weighted by Gasteiger charge is -2.38. The molecular formula is C25H20F3N3O5S. The molecule has 1 fully saturated rings. The highest BCUT2D eigenvalue weighted by Crippen LogP contribution is 2.27. The Kier molecular flexibility index (Phi) is 5.86. The van der Waals surface area contributed by atoms with Gasteiger partial charge in [0.2, 0.25) is 0 Å². The summed E-state index contributed by atoms with van der Waals surface area (Å²) in [5.74, 6) is -1.55. The van der Waals surface area contributed by atoms with Crippen LogP contribution in [0.3, 0.4) is 0 Å². The number of benzene rings is 3. The second kappa shape index (κ2) is 8.80. The van der Waals surface area contributed by atoms with Crippen molar-refractivity contribution in [3.05, 3.63) is 88.6 Å². The summed E-state index contributed by atoms with van der Waals surface area (Å²) in [7, 11) is -3.19. The van der Waals surface area contributed by atoms with E-state index < -0.39 is 39.4 Å². The standard InChI is InChI=1S/C25H20F3N3O5S/c1-25(13-37(34,35)14-25)29-22(32)15-5-10-20-21(11-15)30(17-8-6-16(26)7-9-17)24(33)31(20)18-3-2-4-19(12-18)36-23(27)28/h2-12,23H,13-14H2,1H3,(H,29,32). The molecule has 4 aromatic rings. The van der Waals surface area contributed by atoms with Gasteiger partial charge < -0.3 is 10.1 Å². The van der Waals surface area contributed by atoms with Gasteiger partial charge in [-0.25, -0.2) is 17.6 Å². The van der Waals surface area contributed by atoms with Gasteiger partial charge in [-0.3, -0.25) is 13.9 Å². The van der Waals surface area contributed by atoms with Gasteiger partial charge >= 0.3 is 12.3 Å². The molecule has 8 nitrogen and oxygen atoms in total. The number of alkyl halides is 2. The molecule has 37 heavy (non-hydrogen) atoms. The predicted octanol–water partition coefficient (Wildman–Crippen LogP) is 3.44. The third-order valence-corrected chi connectivity index (χ3v) is 8.13. The van der Waals surface area contributed by atoms with E-state index in [1.807, 2.05) is 0 Å². The van der Waals surface area contributed by atoms with Crippen molar-refractivity contribution in [3.8, 4) is 17.1 Å². The maximum Gasteiger partial charge on any atom is 0.387 e. The smallest absolute Gasteiger partial charge is 0.387 e. The van der Waals surface area contributed by atoms with Crippen molar-refractivity contribution in [3.63, 3.8) is 0 Å². The minimum Gasteiger partial charge on any atom is -0.435 e. The molecule has 1 aliphatic heterocycles. The minimum atomic E-state index is -3.19. The van der Waals surface area contributed by atoms with Gasteiger partial charge in [0.15, 0.2) is 9.84 Å². The van der Waals surface area contributed by atoms with Gasteiger partial charge in [-0.2, -0.15) is 8.78 Å². The van der Waals surface area contributed by atoms with Crippen LogP contribution in [0.1, 0.15) is 17.3 Å². The van der Waals surface area contributed by atoms with Crippen molar-refractivity contribution < 1.29 is 31.1 Å². The van der Waals surface area contributed by atoms with Gasteiger partial charge in [-0.15, -0.1) is 0 Å². The molecule has 0 bridgehead atoms. The Labute approximate surface area is 208 Å². The number of halogens is 3. The van der Waals surface area contributed by atoms with E-state index in [2.05, 4.69) is 10.1 Å². The van der Waals surface area contributed by atoms with Crippen LogP contribution in [0.25, 0.3) is 22.4 Å². The number of hydrogen-bond acceptors (Lipinski definition) is 5. The van der Waals surface area contributed by atoms with Crippen LogP contribution >= 0.6 is 0 Å². The molecule has 1 amide bonds. The lowest BCUT2D eigenvalue weighted by molar-refractivity contribution is -0.0498. The number of rotatable bonds is 6. The number of imidazole rings is 1. The van der Waals surface area contributed by atoms with Gasteiger partial charge in [0.05, 0.1) is 39.5 Å². The molecule has 0 aliphatic carbocycles. The first-order valence-corrected chi connectivity index (χ1v) is 12.9. The van der Waals surface area contributed by atoms with Crippen LogP contribution in [-0.4, -0.2) is 47.1 Å². The Morgan fingerprint density at radius 1 is 0.973 bits per heavy atom. The van der Waals surface area contributed by atoms with Crippen molar-refractivity contribution in [2.45, 2.75) is 19.1 Å².